The first-order valence-electron chi connectivity index (χ1n) is 11.5. The molecule has 1 N–H and O–H groups in total. The van der Waals surface area contributed by atoms with Crippen molar-refractivity contribution in [1.29, 1.82) is 0 Å². The number of aromatic nitrogens is 2. The number of benzene rings is 4. The average Bonchev–Trinajstić information content (AvgIpc) is 3.48. The van der Waals surface area contributed by atoms with Gasteiger partial charge >= 0.3 is 0 Å². The highest BCUT2D eigenvalue weighted by Crippen LogP contribution is 2.44. The minimum Gasteiger partial charge on any atom is -0.489 e. The van der Waals surface area contributed by atoms with Crippen LogP contribution >= 0.6 is 0 Å². The van der Waals surface area contributed by atoms with E-state index in [0.29, 0.717) is 17.7 Å². The first-order valence-corrected chi connectivity index (χ1v) is 11.5. The monoisotopic (exact) mass is 459 g/mol. The Morgan fingerprint density at radius 3 is 2.31 bits per heavy atom. The average molecular weight is 460 g/mol. The van der Waals surface area contributed by atoms with Gasteiger partial charge in [0, 0.05) is 47.2 Å². The molecule has 0 radical (unpaired) electrons. The van der Waals surface area contributed by atoms with Crippen molar-refractivity contribution >= 4 is 55.4 Å². The number of hydrogen-bond acceptors (Lipinski definition) is 3. The highest BCUT2D eigenvalue weighted by atomic mass is 16.5. The summed E-state index contributed by atoms with van der Waals surface area (Å²) in [5.41, 5.74) is 5.69. The standard InChI is InChI=1S/C29H21N3O3/c1-31-21-11-7-6-10-19(21)23-25-24(28(33)32(2)29(25)34)22-18-13-12-17(14-20(18)30-26(22)27(23)31)35-15-16-8-4-3-5-9-16/h3-14,30H,15H2,1-2H3. The molecule has 2 aromatic heterocycles. The van der Waals surface area contributed by atoms with Gasteiger partial charge in [0.25, 0.3) is 11.8 Å². The van der Waals surface area contributed by atoms with Crippen molar-refractivity contribution in [2.75, 3.05) is 7.05 Å². The van der Waals surface area contributed by atoms with E-state index in [1.165, 1.54) is 4.90 Å². The van der Waals surface area contributed by atoms with Crippen LogP contribution in [0.15, 0.2) is 72.8 Å². The largest absolute Gasteiger partial charge is 0.489 e. The molecule has 0 unspecified atom stereocenters. The summed E-state index contributed by atoms with van der Waals surface area (Å²) in [5, 5.41) is 3.46. The van der Waals surface area contributed by atoms with Gasteiger partial charge in [-0.15, -0.1) is 0 Å². The molecule has 2 amide bonds. The summed E-state index contributed by atoms with van der Waals surface area (Å²) in [6.07, 6.45) is 0. The van der Waals surface area contributed by atoms with Gasteiger partial charge in [0.2, 0.25) is 0 Å². The lowest BCUT2D eigenvalue weighted by Crippen LogP contribution is -2.24. The Bertz CT molecular complexity index is 1860. The zero-order chi connectivity index (χ0) is 23.8. The zero-order valence-electron chi connectivity index (χ0n) is 19.3. The van der Waals surface area contributed by atoms with Crippen molar-refractivity contribution in [3.05, 3.63) is 89.5 Å². The van der Waals surface area contributed by atoms with Crippen LogP contribution < -0.4 is 4.74 Å². The number of nitrogens with zero attached hydrogens (tertiary/aromatic N) is 2. The molecule has 0 bridgehead atoms. The fourth-order valence-corrected chi connectivity index (χ4v) is 5.49. The summed E-state index contributed by atoms with van der Waals surface area (Å²) in [5.74, 6) is 0.206. The van der Waals surface area contributed by atoms with E-state index in [2.05, 4.69) is 9.55 Å². The Labute approximate surface area is 200 Å². The molecule has 6 aromatic rings. The number of carbonyl (C=O) groups is 2. The molecule has 0 saturated heterocycles. The van der Waals surface area contributed by atoms with Gasteiger partial charge in [0.15, 0.2) is 0 Å². The van der Waals surface area contributed by atoms with Gasteiger partial charge < -0.3 is 14.3 Å². The number of carbonyl (C=O) groups excluding carboxylic acids is 2. The summed E-state index contributed by atoms with van der Waals surface area (Å²) in [6, 6.07) is 23.9. The number of amides is 2. The number of nitrogens with one attached hydrogen (secondary N) is 1. The Kier molecular flexibility index (Phi) is 3.95. The van der Waals surface area contributed by atoms with E-state index in [4.69, 9.17) is 4.74 Å². The third-order valence-corrected chi connectivity index (χ3v) is 7.15. The number of H-pyrrole nitrogens is 1. The van der Waals surface area contributed by atoms with Crippen LogP contribution in [0.2, 0.25) is 0 Å². The Balaban J connectivity index is 1.53. The molecule has 170 valence electrons. The second kappa shape index (κ2) is 6.96. The molecule has 4 aromatic carbocycles. The van der Waals surface area contributed by atoms with Crippen LogP contribution in [0.25, 0.3) is 43.6 Å². The predicted molar refractivity (Wildman–Crippen MR) is 137 cm³/mol. The molecule has 0 saturated carbocycles. The second-order valence-electron chi connectivity index (χ2n) is 9.08. The first kappa shape index (κ1) is 19.9. The summed E-state index contributed by atoms with van der Waals surface area (Å²) in [4.78, 5) is 31.4. The van der Waals surface area contributed by atoms with Gasteiger partial charge in [0.1, 0.15) is 12.4 Å². The lowest BCUT2D eigenvalue weighted by Gasteiger charge is -2.06. The second-order valence-corrected chi connectivity index (χ2v) is 9.08. The number of aryl methyl sites for hydroxylation is 1. The van der Waals surface area contributed by atoms with Crippen molar-refractivity contribution in [3.8, 4) is 5.75 Å². The van der Waals surface area contributed by atoms with Gasteiger partial charge in [-0.25, -0.2) is 0 Å². The van der Waals surface area contributed by atoms with Crippen LogP contribution in [0.3, 0.4) is 0 Å². The Morgan fingerprint density at radius 2 is 1.51 bits per heavy atom. The van der Waals surface area contributed by atoms with Gasteiger partial charge in [-0.1, -0.05) is 48.5 Å². The maximum Gasteiger partial charge on any atom is 0.262 e. The van der Waals surface area contributed by atoms with Crippen LogP contribution in [0.4, 0.5) is 0 Å². The van der Waals surface area contributed by atoms with E-state index < -0.39 is 0 Å². The van der Waals surface area contributed by atoms with E-state index in [9.17, 15) is 9.59 Å². The Morgan fingerprint density at radius 1 is 0.800 bits per heavy atom. The maximum atomic E-state index is 13.3. The van der Waals surface area contributed by atoms with E-state index >= 15 is 0 Å². The van der Waals surface area contributed by atoms with Gasteiger partial charge in [0.05, 0.1) is 27.7 Å². The van der Waals surface area contributed by atoms with Crippen molar-refractivity contribution in [3.63, 3.8) is 0 Å². The highest BCUT2D eigenvalue weighted by molar-refractivity contribution is 6.39. The first-order chi connectivity index (χ1) is 17.0. The number of imide groups is 1. The molecular weight excluding hydrogens is 438 g/mol. The van der Waals surface area contributed by atoms with Crippen LogP contribution in [0, 0.1) is 0 Å². The fourth-order valence-electron chi connectivity index (χ4n) is 5.49. The lowest BCUT2D eigenvalue weighted by molar-refractivity contribution is 0.0694. The third kappa shape index (κ3) is 2.59. The molecule has 1 aliphatic rings. The number of aromatic amines is 1. The van der Waals surface area contributed by atoms with E-state index in [1.54, 1.807) is 7.05 Å². The lowest BCUT2D eigenvalue weighted by atomic mass is 9.96. The van der Waals surface area contributed by atoms with Gasteiger partial charge in [-0.05, 0) is 23.8 Å². The molecule has 35 heavy (non-hydrogen) atoms. The molecule has 3 heterocycles. The van der Waals surface area contributed by atoms with E-state index in [1.807, 2.05) is 79.8 Å². The SMILES string of the molecule is CN1C(=O)c2c(c3c4ccccc4n(C)c3c3[nH]c4cc(OCc5ccccc5)ccc4c23)C1=O. The minimum absolute atomic E-state index is 0.259. The van der Waals surface area contributed by atoms with Crippen molar-refractivity contribution in [1.82, 2.24) is 14.5 Å². The van der Waals surface area contributed by atoms with Crippen LogP contribution in [-0.2, 0) is 13.7 Å². The summed E-state index contributed by atoms with van der Waals surface area (Å²) < 4.78 is 8.15. The highest BCUT2D eigenvalue weighted by Gasteiger charge is 2.39. The molecule has 6 nitrogen and oxygen atoms in total. The molecular formula is C29H21N3O3. The van der Waals surface area contributed by atoms with Crippen LogP contribution in [-0.4, -0.2) is 33.3 Å². The molecule has 6 heteroatoms. The van der Waals surface area contributed by atoms with Gasteiger partial charge in [-0.3, -0.25) is 14.5 Å². The van der Waals surface area contributed by atoms with Crippen molar-refractivity contribution in [2.45, 2.75) is 6.61 Å². The smallest absolute Gasteiger partial charge is 0.262 e. The topological polar surface area (TPSA) is 67.3 Å². The van der Waals surface area contributed by atoms with Crippen molar-refractivity contribution in [2.24, 2.45) is 7.05 Å². The summed E-state index contributed by atoms with van der Waals surface area (Å²) in [6.45, 7) is 0.465. The maximum absolute atomic E-state index is 13.3. The zero-order valence-corrected chi connectivity index (χ0v) is 19.3. The molecule has 0 atom stereocenters. The van der Waals surface area contributed by atoms with E-state index in [-0.39, 0.29) is 11.8 Å². The number of fused-ring (bicyclic) bond motifs is 10. The fraction of sp³-hybridized carbons (Fsp3) is 0.103. The Hall–Kier alpha value is -4.58. The molecule has 0 aliphatic carbocycles. The normalized spacial score (nSPS) is 13.6. The predicted octanol–water partition coefficient (Wildman–Crippen LogP) is 5.77. The minimum atomic E-state index is -0.268. The van der Waals surface area contributed by atoms with Crippen molar-refractivity contribution < 1.29 is 14.3 Å². The molecule has 1 aliphatic heterocycles. The summed E-state index contributed by atoms with van der Waals surface area (Å²) >= 11 is 0. The van der Waals surface area contributed by atoms with E-state index in [0.717, 1.165) is 54.9 Å². The van der Waals surface area contributed by atoms with Crippen LogP contribution in [0.1, 0.15) is 26.3 Å². The third-order valence-electron chi connectivity index (χ3n) is 7.15. The van der Waals surface area contributed by atoms with Crippen LogP contribution in [0.5, 0.6) is 5.75 Å². The number of para-hydroxylation sites is 1. The van der Waals surface area contributed by atoms with Gasteiger partial charge in [-0.2, -0.15) is 0 Å². The molecule has 0 fully saturated rings. The molecule has 7 rings (SSSR count). The number of hydrogen-bond donors (Lipinski definition) is 1. The summed E-state index contributed by atoms with van der Waals surface area (Å²) in [7, 11) is 3.55. The number of rotatable bonds is 3. The quantitative estimate of drug-likeness (QED) is 0.342. The molecule has 0 spiro atoms. The number of ether oxygens (including phenoxy) is 1.